The molecule has 33 heavy (non-hydrogen) atoms. The molecule has 0 fully saturated rings. The molecule has 5 amide bonds. The van der Waals surface area contributed by atoms with Gasteiger partial charge in [-0.25, -0.2) is 0 Å². The lowest BCUT2D eigenvalue weighted by atomic mass is 10.1. The Labute approximate surface area is 189 Å². The average Bonchev–Trinajstić information content (AvgIpc) is 2.70. The summed E-state index contributed by atoms with van der Waals surface area (Å²) in [7, 11) is 0. The van der Waals surface area contributed by atoms with Crippen LogP contribution in [0.15, 0.2) is 4.99 Å². The van der Waals surface area contributed by atoms with Crippen molar-refractivity contribution in [1.29, 1.82) is 0 Å². The third-order valence-electron chi connectivity index (χ3n) is 4.07. The maximum Gasteiger partial charge on any atom is 0.322 e. The minimum Gasteiger partial charge on any atom is -0.480 e. The number of carboxylic acids is 1. The van der Waals surface area contributed by atoms with Crippen molar-refractivity contribution < 1.29 is 33.9 Å². The van der Waals surface area contributed by atoms with E-state index in [1.807, 2.05) is 5.32 Å². The van der Waals surface area contributed by atoms with Crippen LogP contribution < -0.4 is 44.6 Å². The van der Waals surface area contributed by atoms with E-state index in [-0.39, 0.29) is 31.8 Å². The van der Waals surface area contributed by atoms with Crippen molar-refractivity contribution in [2.24, 2.45) is 33.7 Å². The molecule has 0 aliphatic rings. The third kappa shape index (κ3) is 13.9. The number of nitrogens with one attached hydrogen (secondary N) is 3. The quantitative estimate of drug-likeness (QED) is 0.0582. The van der Waals surface area contributed by atoms with Gasteiger partial charge in [0, 0.05) is 13.0 Å². The van der Waals surface area contributed by atoms with Crippen LogP contribution in [0.2, 0.25) is 0 Å². The number of nitrogens with two attached hydrogens (primary N) is 5. The minimum atomic E-state index is -1.52. The second-order valence-corrected chi connectivity index (χ2v) is 6.96. The van der Waals surface area contributed by atoms with Gasteiger partial charge in [-0.3, -0.25) is 33.8 Å². The van der Waals surface area contributed by atoms with Gasteiger partial charge in [-0.15, -0.1) is 0 Å². The fourth-order valence-corrected chi connectivity index (χ4v) is 2.45. The number of carboxylic acid groups (broad SMARTS) is 1. The van der Waals surface area contributed by atoms with Gasteiger partial charge in [-0.2, -0.15) is 0 Å². The van der Waals surface area contributed by atoms with Crippen LogP contribution in [-0.2, 0) is 28.8 Å². The number of nitrogens with zero attached hydrogens (tertiary/aromatic N) is 1. The molecule has 16 nitrogen and oxygen atoms in total. The Bertz CT molecular complexity index is 768. The van der Waals surface area contributed by atoms with Gasteiger partial charge in [-0.05, 0) is 19.3 Å². The van der Waals surface area contributed by atoms with Gasteiger partial charge in [-0.1, -0.05) is 0 Å². The van der Waals surface area contributed by atoms with Crippen LogP contribution in [0.25, 0.3) is 0 Å². The highest BCUT2D eigenvalue weighted by atomic mass is 16.4. The second-order valence-electron chi connectivity index (χ2n) is 6.96. The number of primary amides is 2. The molecule has 0 rings (SSSR count). The molecule has 0 aromatic rings. The first-order valence-electron chi connectivity index (χ1n) is 9.81. The van der Waals surface area contributed by atoms with E-state index in [2.05, 4.69) is 15.6 Å². The van der Waals surface area contributed by atoms with E-state index in [9.17, 15) is 28.8 Å². The molecule has 0 aromatic carbocycles. The Hall–Kier alpha value is -3.95. The van der Waals surface area contributed by atoms with Gasteiger partial charge in [0.15, 0.2) is 5.96 Å². The van der Waals surface area contributed by atoms with E-state index in [1.165, 1.54) is 0 Å². The van der Waals surface area contributed by atoms with E-state index >= 15 is 0 Å². The van der Waals surface area contributed by atoms with Gasteiger partial charge in [0.2, 0.25) is 29.5 Å². The summed E-state index contributed by atoms with van der Waals surface area (Å²) in [6.45, 7) is -0.532. The molecular formula is C17H31N9O7. The average molecular weight is 473 g/mol. The Morgan fingerprint density at radius 3 is 1.94 bits per heavy atom. The van der Waals surface area contributed by atoms with Crippen molar-refractivity contribution in [3.8, 4) is 0 Å². The Morgan fingerprint density at radius 1 is 0.818 bits per heavy atom. The maximum atomic E-state index is 12.7. The minimum absolute atomic E-state index is 0.117. The molecule has 0 aliphatic carbocycles. The largest absolute Gasteiger partial charge is 0.480 e. The predicted octanol–water partition coefficient (Wildman–Crippen LogP) is -5.32. The summed E-state index contributed by atoms with van der Waals surface area (Å²) in [6.07, 6.45) is -0.612. The molecule has 0 aromatic heterocycles. The summed E-state index contributed by atoms with van der Waals surface area (Å²) in [4.78, 5) is 73.9. The highest BCUT2D eigenvalue weighted by molar-refractivity contribution is 5.95. The van der Waals surface area contributed by atoms with E-state index < -0.39 is 66.6 Å². The molecule has 14 N–H and O–H groups in total. The number of aliphatic carboxylic acids is 1. The fourth-order valence-electron chi connectivity index (χ4n) is 2.45. The summed E-state index contributed by atoms with van der Waals surface area (Å²) in [5, 5.41) is 15.2. The van der Waals surface area contributed by atoms with E-state index in [0.717, 1.165) is 0 Å². The molecule has 186 valence electrons. The monoisotopic (exact) mass is 473 g/mol. The second kappa shape index (κ2) is 15.0. The SMILES string of the molecule is NC(=O)CCC(NC(=O)C(N)CCCN=C(N)N)C(=O)NC(CC(N)=O)C(=O)NCC(=O)O. The highest BCUT2D eigenvalue weighted by Crippen LogP contribution is 2.03. The zero-order chi connectivity index (χ0) is 25.6. The first-order valence-corrected chi connectivity index (χ1v) is 9.81. The van der Waals surface area contributed by atoms with Gasteiger partial charge < -0.3 is 49.7 Å². The molecule has 16 heteroatoms. The number of carbonyl (C=O) groups excluding carboxylic acids is 5. The molecule has 0 saturated carbocycles. The Morgan fingerprint density at radius 2 is 1.42 bits per heavy atom. The van der Waals surface area contributed by atoms with Crippen molar-refractivity contribution in [2.75, 3.05) is 13.1 Å². The standard InChI is InChI=1S/C17H31N9O7/c18-8(2-1-5-23-17(21)22)14(31)25-9(3-4-11(19)27)16(33)26-10(6-12(20)28)15(32)24-7-13(29)30/h8-10H,1-7,18H2,(H2,19,27)(H2,20,28)(H,24,32)(H,25,31)(H,26,33)(H,29,30)(H4,21,22,23). The summed E-state index contributed by atoms with van der Waals surface area (Å²) >= 11 is 0. The topological polar surface area (TPSA) is 301 Å². The van der Waals surface area contributed by atoms with Crippen LogP contribution in [0, 0.1) is 0 Å². The van der Waals surface area contributed by atoms with Gasteiger partial charge in [0.1, 0.15) is 18.6 Å². The molecule has 0 spiro atoms. The predicted molar refractivity (Wildman–Crippen MR) is 115 cm³/mol. The molecule has 0 radical (unpaired) electrons. The van der Waals surface area contributed by atoms with Crippen molar-refractivity contribution in [2.45, 2.75) is 50.2 Å². The number of amides is 5. The van der Waals surface area contributed by atoms with Crippen molar-refractivity contribution in [3.63, 3.8) is 0 Å². The van der Waals surface area contributed by atoms with Crippen LogP contribution in [-0.4, -0.2) is 77.8 Å². The van der Waals surface area contributed by atoms with Crippen LogP contribution >= 0.6 is 0 Å². The summed E-state index contributed by atoms with van der Waals surface area (Å²) in [5.74, 6) is -5.83. The smallest absolute Gasteiger partial charge is 0.322 e. The Balaban J connectivity index is 5.24. The molecule has 0 saturated heterocycles. The van der Waals surface area contributed by atoms with Crippen LogP contribution in [0.5, 0.6) is 0 Å². The zero-order valence-electron chi connectivity index (χ0n) is 17.9. The van der Waals surface area contributed by atoms with Crippen LogP contribution in [0.3, 0.4) is 0 Å². The molecule has 3 unspecified atom stereocenters. The van der Waals surface area contributed by atoms with E-state index in [4.69, 9.17) is 33.8 Å². The number of hydrogen-bond acceptors (Lipinski definition) is 8. The van der Waals surface area contributed by atoms with Crippen LogP contribution in [0.1, 0.15) is 32.1 Å². The zero-order valence-corrected chi connectivity index (χ0v) is 17.9. The van der Waals surface area contributed by atoms with E-state index in [0.29, 0.717) is 6.42 Å². The number of rotatable bonds is 16. The van der Waals surface area contributed by atoms with Crippen LogP contribution in [0.4, 0.5) is 0 Å². The molecule has 0 bridgehead atoms. The molecule has 0 heterocycles. The van der Waals surface area contributed by atoms with Gasteiger partial charge >= 0.3 is 5.97 Å². The summed E-state index contributed by atoms with van der Waals surface area (Å²) < 4.78 is 0. The van der Waals surface area contributed by atoms with E-state index in [1.54, 1.807) is 0 Å². The number of hydrogen-bond donors (Lipinski definition) is 9. The van der Waals surface area contributed by atoms with Gasteiger partial charge in [0.25, 0.3) is 0 Å². The fraction of sp³-hybridized carbons (Fsp3) is 0.588. The maximum absolute atomic E-state index is 12.7. The molecule has 3 atom stereocenters. The number of guanidine groups is 1. The number of aliphatic imine (C=N–C) groups is 1. The van der Waals surface area contributed by atoms with Gasteiger partial charge in [0.05, 0.1) is 12.5 Å². The highest BCUT2D eigenvalue weighted by Gasteiger charge is 2.29. The lowest BCUT2D eigenvalue weighted by Gasteiger charge is -2.23. The number of carbonyl (C=O) groups is 6. The first kappa shape index (κ1) is 29.0. The Kier molecular flexibility index (Phi) is 13.2. The molecular weight excluding hydrogens is 442 g/mol. The van der Waals surface area contributed by atoms with Crippen molar-refractivity contribution in [3.05, 3.63) is 0 Å². The summed E-state index contributed by atoms with van der Waals surface area (Å²) in [5.41, 5.74) is 26.4. The normalized spacial score (nSPS) is 13.0. The molecule has 0 aliphatic heterocycles. The van der Waals surface area contributed by atoms with Crippen molar-refractivity contribution in [1.82, 2.24) is 16.0 Å². The lowest BCUT2D eigenvalue weighted by molar-refractivity contribution is -0.138. The lowest BCUT2D eigenvalue weighted by Crippen LogP contribution is -2.56. The third-order valence-corrected chi connectivity index (χ3v) is 4.07. The first-order chi connectivity index (χ1) is 15.3. The van der Waals surface area contributed by atoms with Crippen molar-refractivity contribution >= 4 is 41.5 Å². The summed E-state index contributed by atoms with van der Waals surface area (Å²) in [6, 6.07) is -3.89.